The summed E-state index contributed by atoms with van der Waals surface area (Å²) in [5, 5.41) is 2.45. The zero-order chi connectivity index (χ0) is 12.7. The van der Waals surface area contributed by atoms with E-state index in [0.29, 0.717) is 16.7 Å². The molecule has 3 nitrogen and oxygen atoms in total. The number of aryl methyl sites for hydroxylation is 1. The predicted octanol–water partition coefficient (Wildman–Crippen LogP) is 3.26. The molecule has 1 aromatic heterocycles. The van der Waals surface area contributed by atoms with Crippen LogP contribution in [0.15, 0.2) is 45.6 Å². The molecular formula is C15H12O3. The highest BCUT2D eigenvalue weighted by Gasteiger charge is 2.08. The van der Waals surface area contributed by atoms with Gasteiger partial charge in [-0.15, -0.1) is 0 Å². The minimum atomic E-state index is -0.311. The van der Waals surface area contributed by atoms with E-state index in [1.165, 1.54) is 0 Å². The van der Waals surface area contributed by atoms with E-state index in [0.717, 1.165) is 16.3 Å². The van der Waals surface area contributed by atoms with Gasteiger partial charge in [0.15, 0.2) is 0 Å². The topological polar surface area (TPSA) is 39.4 Å². The first-order chi connectivity index (χ1) is 8.69. The van der Waals surface area contributed by atoms with Gasteiger partial charge in [0, 0.05) is 11.5 Å². The second kappa shape index (κ2) is 3.88. The third kappa shape index (κ3) is 1.56. The summed E-state index contributed by atoms with van der Waals surface area (Å²) in [5.74, 6) is 0.678. The predicted molar refractivity (Wildman–Crippen MR) is 71.3 cm³/mol. The van der Waals surface area contributed by atoms with E-state index in [1.807, 2.05) is 37.3 Å². The molecule has 3 aromatic rings. The first-order valence-corrected chi connectivity index (χ1v) is 5.70. The second-order valence-electron chi connectivity index (χ2n) is 4.30. The van der Waals surface area contributed by atoms with Crippen LogP contribution in [0.3, 0.4) is 0 Å². The highest BCUT2D eigenvalue weighted by Crippen LogP contribution is 2.26. The van der Waals surface area contributed by atoms with Crippen LogP contribution >= 0.6 is 0 Å². The summed E-state index contributed by atoms with van der Waals surface area (Å²) in [4.78, 5) is 11.9. The van der Waals surface area contributed by atoms with Crippen molar-refractivity contribution in [2.45, 2.75) is 6.92 Å². The number of benzene rings is 2. The Morgan fingerprint density at radius 1 is 1.00 bits per heavy atom. The summed E-state index contributed by atoms with van der Waals surface area (Å²) < 4.78 is 10.5. The summed E-state index contributed by atoms with van der Waals surface area (Å²) in [6.07, 6.45) is 0. The Bertz CT molecular complexity index is 800. The van der Waals surface area contributed by atoms with Crippen LogP contribution in [0, 0.1) is 6.92 Å². The van der Waals surface area contributed by atoms with Crippen molar-refractivity contribution in [3.8, 4) is 5.75 Å². The van der Waals surface area contributed by atoms with Gasteiger partial charge in [-0.3, -0.25) is 0 Å². The first kappa shape index (κ1) is 10.8. The highest BCUT2D eigenvalue weighted by molar-refractivity contribution is 6.04. The third-order valence-electron chi connectivity index (χ3n) is 3.08. The van der Waals surface area contributed by atoms with Gasteiger partial charge < -0.3 is 9.15 Å². The van der Waals surface area contributed by atoms with Crippen molar-refractivity contribution in [1.82, 2.24) is 0 Å². The molecule has 0 N–H and O–H groups in total. The van der Waals surface area contributed by atoms with E-state index in [1.54, 1.807) is 13.2 Å². The van der Waals surface area contributed by atoms with Gasteiger partial charge in [0.1, 0.15) is 11.3 Å². The Morgan fingerprint density at radius 2 is 1.78 bits per heavy atom. The SMILES string of the molecule is COc1ccc2c(c1)oc(=O)c1cc(C)ccc12. The van der Waals surface area contributed by atoms with Gasteiger partial charge in [0.2, 0.25) is 0 Å². The van der Waals surface area contributed by atoms with Gasteiger partial charge in [-0.05, 0) is 30.5 Å². The third-order valence-corrected chi connectivity index (χ3v) is 3.08. The van der Waals surface area contributed by atoms with Crippen molar-refractivity contribution in [2.24, 2.45) is 0 Å². The number of fused-ring (bicyclic) bond motifs is 3. The lowest BCUT2D eigenvalue weighted by molar-refractivity contribution is 0.414. The zero-order valence-electron chi connectivity index (χ0n) is 10.2. The van der Waals surface area contributed by atoms with E-state index >= 15 is 0 Å². The van der Waals surface area contributed by atoms with E-state index in [-0.39, 0.29) is 5.63 Å². The molecule has 0 spiro atoms. The normalized spacial score (nSPS) is 11.0. The molecule has 0 unspecified atom stereocenters. The van der Waals surface area contributed by atoms with Gasteiger partial charge in [0.25, 0.3) is 0 Å². The molecule has 0 aliphatic carbocycles. The van der Waals surface area contributed by atoms with Crippen LogP contribution in [-0.4, -0.2) is 7.11 Å². The van der Waals surface area contributed by atoms with Crippen LogP contribution in [0.1, 0.15) is 5.56 Å². The number of methoxy groups -OCH3 is 1. The highest BCUT2D eigenvalue weighted by atomic mass is 16.5. The van der Waals surface area contributed by atoms with Gasteiger partial charge >= 0.3 is 5.63 Å². The lowest BCUT2D eigenvalue weighted by Gasteiger charge is -2.05. The fourth-order valence-electron chi connectivity index (χ4n) is 2.15. The summed E-state index contributed by atoms with van der Waals surface area (Å²) >= 11 is 0. The lowest BCUT2D eigenvalue weighted by Crippen LogP contribution is -2.00. The summed E-state index contributed by atoms with van der Waals surface area (Å²) in [5.41, 5.74) is 1.29. The van der Waals surface area contributed by atoms with Gasteiger partial charge in [-0.2, -0.15) is 0 Å². The van der Waals surface area contributed by atoms with Crippen molar-refractivity contribution in [3.63, 3.8) is 0 Å². The maximum absolute atomic E-state index is 11.9. The molecule has 0 aliphatic rings. The molecule has 90 valence electrons. The number of hydrogen-bond donors (Lipinski definition) is 0. The molecule has 0 saturated carbocycles. The summed E-state index contributed by atoms with van der Waals surface area (Å²) in [6, 6.07) is 11.3. The van der Waals surface area contributed by atoms with Crippen LogP contribution in [0.4, 0.5) is 0 Å². The van der Waals surface area contributed by atoms with Crippen molar-refractivity contribution < 1.29 is 9.15 Å². The molecule has 0 amide bonds. The Balaban J connectivity index is 2.50. The van der Waals surface area contributed by atoms with Crippen LogP contribution in [0.2, 0.25) is 0 Å². The Morgan fingerprint density at radius 3 is 2.56 bits per heavy atom. The average molecular weight is 240 g/mol. The van der Waals surface area contributed by atoms with Crippen LogP contribution in [-0.2, 0) is 0 Å². The van der Waals surface area contributed by atoms with E-state index in [9.17, 15) is 4.79 Å². The monoisotopic (exact) mass is 240 g/mol. The van der Waals surface area contributed by atoms with E-state index < -0.39 is 0 Å². The maximum Gasteiger partial charge on any atom is 0.344 e. The molecule has 0 radical (unpaired) electrons. The lowest BCUT2D eigenvalue weighted by atomic mass is 10.1. The molecule has 1 heterocycles. The Kier molecular flexibility index (Phi) is 2.33. The van der Waals surface area contributed by atoms with Crippen molar-refractivity contribution in [1.29, 1.82) is 0 Å². The van der Waals surface area contributed by atoms with E-state index in [4.69, 9.17) is 9.15 Å². The second-order valence-corrected chi connectivity index (χ2v) is 4.30. The van der Waals surface area contributed by atoms with E-state index in [2.05, 4.69) is 0 Å². The van der Waals surface area contributed by atoms with Crippen LogP contribution in [0.5, 0.6) is 5.75 Å². The minimum absolute atomic E-state index is 0.311. The smallest absolute Gasteiger partial charge is 0.344 e. The molecular weight excluding hydrogens is 228 g/mol. The number of hydrogen-bond acceptors (Lipinski definition) is 3. The van der Waals surface area contributed by atoms with Crippen LogP contribution in [0.25, 0.3) is 21.7 Å². The zero-order valence-corrected chi connectivity index (χ0v) is 10.2. The summed E-state index contributed by atoms with van der Waals surface area (Å²) in [6.45, 7) is 1.96. The minimum Gasteiger partial charge on any atom is -0.497 e. The van der Waals surface area contributed by atoms with Crippen molar-refractivity contribution in [2.75, 3.05) is 7.11 Å². The van der Waals surface area contributed by atoms with Gasteiger partial charge in [-0.1, -0.05) is 17.7 Å². The molecule has 0 bridgehead atoms. The quantitative estimate of drug-likeness (QED) is 0.484. The molecule has 0 fully saturated rings. The molecule has 0 atom stereocenters. The van der Waals surface area contributed by atoms with Gasteiger partial charge in [-0.25, -0.2) is 4.79 Å². The maximum atomic E-state index is 11.9. The first-order valence-electron chi connectivity index (χ1n) is 5.70. The number of ether oxygens (including phenoxy) is 1. The Labute approximate surface area is 104 Å². The molecule has 0 aliphatic heterocycles. The molecule has 2 aromatic carbocycles. The fourth-order valence-corrected chi connectivity index (χ4v) is 2.15. The standard InChI is InChI=1S/C15H12O3/c1-9-3-5-11-12-6-4-10(17-2)8-14(12)18-15(16)13(11)7-9/h3-8H,1-2H3. The summed E-state index contributed by atoms with van der Waals surface area (Å²) in [7, 11) is 1.59. The number of rotatable bonds is 1. The van der Waals surface area contributed by atoms with Gasteiger partial charge in [0.05, 0.1) is 12.5 Å². The molecule has 3 heteroatoms. The largest absolute Gasteiger partial charge is 0.497 e. The fraction of sp³-hybridized carbons (Fsp3) is 0.133. The molecule has 3 rings (SSSR count). The molecule has 0 saturated heterocycles. The van der Waals surface area contributed by atoms with Crippen molar-refractivity contribution in [3.05, 3.63) is 52.4 Å². The van der Waals surface area contributed by atoms with Crippen molar-refractivity contribution >= 4 is 21.7 Å². The molecule has 18 heavy (non-hydrogen) atoms. The van der Waals surface area contributed by atoms with Crippen LogP contribution < -0.4 is 10.4 Å². The Hall–Kier alpha value is -2.29. The average Bonchev–Trinajstić information content (AvgIpc) is 2.38.